The summed E-state index contributed by atoms with van der Waals surface area (Å²) in [4.78, 5) is 0. The van der Waals surface area contributed by atoms with E-state index < -0.39 is 6.10 Å². The molecule has 0 aliphatic carbocycles. The maximum Gasteiger partial charge on any atom is 0.134 e. The monoisotopic (exact) mass is 268 g/mol. The van der Waals surface area contributed by atoms with E-state index in [9.17, 15) is 9.50 Å². The van der Waals surface area contributed by atoms with Crippen molar-refractivity contribution in [2.24, 2.45) is 0 Å². The average Bonchev–Trinajstić information content (AvgIpc) is 2.81. The largest absolute Gasteiger partial charge is 0.458 e. The van der Waals surface area contributed by atoms with Crippen molar-refractivity contribution >= 4 is 11.0 Å². The van der Waals surface area contributed by atoms with Crippen molar-refractivity contribution in [1.29, 1.82) is 0 Å². The van der Waals surface area contributed by atoms with Crippen LogP contribution in [0, 0.1) is 5.82 Å². The number of aliphatic hydroxyl groups is 1. The minimum atomic E-state index is -0.752. The molecule has 0 fully saturated rings. The molecule has 19 heavy (non-hydrogen) atoms. The Morgan fingerprint density at radius 1 is 1.26 bits per heavy atom. The van der Waals surface area contributed by atoms with Gasteiger partial charge in [0.1, 0.15) is 23.3 Å². The van der Waals surface area contributed by atoms with E-state index in [2.05, 4.69) is 0 Å². The first-order chi connectivity index (χ1) is 9.20. The predicted octanol–water partition coefficient (Wildman–Crippen LogP) is 2.66. The van der Waals surface area contributed by atoms with Gasteiger partial charge in [0.2, 0.25) is 0 Å². The molecule has 104 valence electrons. The lowest BCUT2D eigenvalue weighted by Gasteiger charge is -2.07. The number of ether oxygens (including phenoxy) is 2. The Hall–Kier alpha value is -1.43. The van der Waals surface area contributed by atoms with Gasteiger partial charge in [-0.1, -0.05) is 0 Å². The first-order valence-electron chi connectivity index (χ1n) is 6.14. The van der Waals surface area contributed by atoms with Crippen LogP contribution in [-0.4, -0.2) is 32.0 Å². The van der Waals surface area contributed by atoms with Gasteiger partial charge in [0.15, 0.2) is 0 Å². The molecular formula is C14H17FO4. The van der Waals surface area contributed by atoms with E-state index >= 15 is 0 Å². The van der Waals surface area contributed by atoms with Crippen LogP contribution in [0.15, 0.2) is 28.7 Å². The second-order valence-electron chi connectivity index (χ2n) is 4.24. The molecule has 1 N–H and O–H groups in total. The van der Waals surface area contributed by atoms with Crippen LogP contribution in [0.2, 0.25) is 0 Å². The molecule has 0 aliphatic rings. The topological polar surface area (TPSA) is 51.8 Å². The van der Waals surface area contributed by atoms with Crippen LogP contribution in [0.3, 0.4) is 0 Å². The molecule has 0 amide bonds. The highest BCUT2D eigenvalue weighted by molar-refractivity contribution is 5.77. The van der Waals surface area contributed by atoms with E-state index in [-0.39, 0.29) is 5.82 Å². The summed E-state index contributed by atoms with van der Waals surface area (Å²) in [6.07, 6.45) is -0.329. The average molecular weight is 268 g/mol. The Labute approximate surface area is 110 Å². The summed E-state index contributed by atoms with van der Waals surface area (Å²) < 4.78 is 28.6. The van der Waals surface area contributed by atoms with E-state index in [1.807, 2.05) is 0 Å². The van der Waals surface area contributed by atoms with Gasteiger partial charge in [-0.05, 0) is 24.3 Å². The van der Waals surface area contributed by atoms with E-state index in [1.54, 1.807) is 19.2 Å². The lowest BCUT2D eigenvalue weighted by atomic mass is 10.2. The first kappa shape index (κ1) is 14.0. The summed E-state index contributed by atoms with van der Waals surface area (Å²) in [6, 6.07) is 5.91. The molecule has 0 saturated heterocycles. The van der Waals surface area contributed by atoms with Crippen LogP contribution >= 0.6 is 0 Å². The van der Waals surface area contributed by atoms with Crippen LogP contribution in [0.25, 0.3) is 11.0 Å². The molecule has 4 nitrogen and oxygen atoms in total. The predicted molar refractivity (Wildman–Crippen MR) is 68.4 cm³/mol. The Morgan fingerprint density at radius 2 is 2.11 bits per heavy atom. The van der Waals surface area contributed by atoms with Gasteiger partial charge in [-0.2, -0.15) is 0 Å². The number of fused-ring (bicyclic) bond motifs is 1. The van der Waals surface area contributed by atoms with Crippen molar-refractivity contribution in [3.05, 3.63) is 35.8 Å². The van der Waals surface area contributed by atoms with Gasteiger partial charge in [0.25, 0.3) is 0 Å². The maximum atomic E-state index is 13.0. The number of hydrogen-bond acceptors (Lipinski definition) is 4. The molecule has 5 heteroatoms. The number of hydrogen-bond donors (Lipinski definition) is 1. The zero-order chi connectivity index (χ0) is 13.7. The number of aliphatic hydroxyl groups excluding tert-OH is 1. The molecule has 1 unspecified atom stereocenters. The fourth-order valence-corrected chi connectivity index (χ4v) is 1.78. The fraction of sp³-hybridized carbons (Fsp3) is 0.429. The molecule has 1 heterocycles. The van der Waals surface area contributed by atoms with E-state index in [0.717, 1.165) is 0 Å². The van der Waals surface area contributed by atoms with Crippen molar-refractivity contribution in [3.8, 4) is 0 Å². The molecule has 2 aromatic rings. The smallest absolute Gasteiger partial charge is 0.134 e. The highest BCUT2D eigenvalue weighted by atomic mass is 19.1. The van der Waals surface area contributed by atoms with Crippen LogP contribution < -0.4 is 0 Å². The SMILES string of the molecule is COCCOCCC(O)c1cc2cc(F)ccc2o1. The van der Waals surface area contributed by atoms with Gasteiger partial charge >= 0.3 is 0 Å². The Balaban J connectivity index is 1.91. The molecule has 1 aromatic carbocycles. The van der Waals surface area contributed by atoms with Gasteiger partial charge in [-0.3, -0.25) is 0 Å². The van der Waals surface area contributed by atoms with E-state index in [0.29, 0.717) is 43.0 Å². The summed E-state index contributed by atoms with van der Waals surface area (Å²) in [5, 5.41) is 10.6. The quantitative estimate of drug-likeness (QED) is 0.784. The molecule has 0 aliphatic heterocycles. The molecule has 0 saturated carbocycles. The first-order valence-corrected chi connectivity index (χ1v) is 6.14. The van der Waals surface area contributed by atoms with Crippen LogP contribution in [0.4, 0.5) is 4.39 Å². The van der Waals surface area contributed by atoms with Crippen LogP contribution in [0.5, 0.6) is 0 Å². The lowest BCUT2D eigenvalue weighted by Crippen LogP contribution is -2.06. The Kier molecular flexibility index (Phi) is 4.90. The van der Waals surface area contributed by atoms with Crippen molar-refractivity contribution in [3.63, 3.8) is 0 Å². The summed E-state index contributed by atoms with van der Waals surface area (Å²) in [5.74, 6) is 0.105. The molecule has 0 bridgehead atoms. The van der Waals surface area contributed by atoms with E-state index in [1.165, 1.54) is 12.1 Å². The van der Waals surface area contributed by atoms with Gasteiger partial charge in [-0.25, -0.2) is 4.39 Å². The Bertz CT molecular complexity index is 523. The van der Waals surface area contributed by atoms with Gasteiger partial charge in [0.05, 0.1) is 13.2 Å². The number of halogens is 1. The highest BCUT2D eigenvalue weighted by Crippen LogP contribution is 2.26. The fourth-order valence-electron chi connectivity index (χ4n) is 1.78. The van der Waals surface area contributed by atoms with Crippen LogP contribution in [0.1, 0.15) is 18.3 Å². The van der Waals surface area contributed by atoms with Gasteiger partial charge in [-0.15, -0.1) is 0 Å². The summed E-state index contributed by atoms with van der Waals surface area (Å²) >= 11 is 0. The normalized spacial score (nSPS) is 13.0. The maximum absolute atomic E-state index is 13.0. The van der Waals surface area contributed by atoms with Crippen molar-refractivity contribution < 1.29 is 23.4 Å². The third-order valence-corrected chi connectivity index (χ3v) is 2.79. The molecule has 0 radical (unpaired) electrons. The third-order valence-electron chi connectivity index (χ3n) is 2.79. The molecule has 2 rings (SSSR count). The molecule has 1 aromatic heterocycles. The minimum absolute atomic E-state index is 0.322. The summed E-state index contributed by atoms with van der Waals surface area (Å²) in [5.41, 5.74) is 0.566. The lowest BCUT2D eigenvalue weighted by molar-refractivity contribution is 0.0430. The Morgan fingerprint density at radius 3 is 2.89 bits per heavy atom. The number of furan rings is 1. The summed E-state index contributed by atoms with van der Waals surface area (Å²) in [7, 11) is 1.60. The standard InChI is InChI=1S/C14H17FO4/c1-17-6-7-18-5-4-12(16)14-9-10-8-11(15)2-3-13(10)19-14/h2-3,8-9,12,16H,4-7H2,1H3. The number of benzene rings is 1. The number of methoxy groups -OCH3 is 1. The van der Waals surface area contributed by atoms with E-state index in [4.69, 9.17) is 13.9 Å². The molecular weight excluding hydrogens is 251 g/mol. The van der Waals surface area contributed by atoms with Crippen LogP contribution in [-0.2, 0) is 9.47 Å². The molecule has 0 spiro atoms. The molecule has 1 atom stereocenters. The van der Waals surface area contributed by atoms with Crippen molar-refractivity contribution in [2.75, 3.05) is 26.9 Å². The zero-order valence-corrected chi connectivity index (χ0v) is 10.8. The third kappa shape index (κ3) is 3.76. The van der Waals surface area contributed by atoms with Crippen molar-refractivity contribution in [2.45, 2.75) is 12.5 Å². The zero-order valence-electron chi connectivity index (χ0n) is 10.8. The highest BCUT2D eigenvalue weighted by Gasteiger charge is 2.13. The van der Waals surface area contributed by atoms with Crippen molar-refractivity contribution in [1.82, 2.24) is 0 Å². The number of rotatable bonds is 7. The van der Waals surface area contributed by atoms with Gasteiger partial charge < -0.3 is 19.0 Å². The summed E-state index contributed by atoms with van der Waals surface area (Å²) in [6.45, 7) is 1.44. The second kappa shape index (κ2) is 6.65. The minimum Gasteiger partial charge on any atom is -0.458 e. The second-order valence-corrected chi connectivity index (χ2v) is 4.24. The van der Waals surface area contributed by atoms with Gasteiger partial charge in [0, 0.05) is 25.5 Å².